The highest BCUT2D eigenvalue weighted by molar-refractivity contribution is 7.11. The van der Waals surface area contributed by atoms with Gasteiger partial charge < -0.3 is 27.8 Å². The third kappa shape index (κ3) is 9.48. The number of unbranched alkanes of at least 4 members (excludes halogenated alkanes) is 1. The summed E-state index contributed by atoms with van der Waals surface area (Å²) in [4.78, 5) is 28.0. The van der Waals surface area contributed by atoms with Gasteiger partial charge in [-0.25, -0.2) is 0 Å². The molecule has 8 N–H and O–H groups in total. The second-order valence-electron chi connectivity index (χ2n) is 7.94. The first kappa shape index (κ1) is 26.0. The van der Waals surface area contributed by atoms with Crippen molar-refractivity contribution in [1.82, 2.24) is 10.6 Å². The summed E-state index contributed by atoms with van der Waals surface area (Å²) in [6, 6.07) is 12.5. The van der Waals surface area contributed by atoms with Crippen LogP contribution in [-0.2, 0) is 28.9 Å². The Hall–Kier alpha value is -2.26. The number of nitrogens with one attached hydrogen (secondary N) is 2. The molecule has 0 saturated heterocycles. The molecule has 2 atom stereocenters. The van der Waals surface area contributed by atoms with Crippen LogP contribution in [0, 0.1) is 0 Å². The first-order valence-corrected chi connectivity index (χ1v) is 12.2. The van der Waals surface area contributed by atoms with Crippen LogP contribution < -0.4 is 27.8 Å². The molecule has 2 rings (SSSR count). The van der Waals surface area contributed by atoms with Crippen LogP contribution in [0.1, 0.15) is 41.0 Å². The maximum absolute atomic E-state index is 12.8. The van der Waals surface area contributed by atoms with E-state index in [1.807, 2.05) is 30.3 Å². The Balaban J connectivity index is 1.85. The molecule has 8 heteroatoms. The van der Waals surface area contributed by atoms with Crippen LogP contribution in [0.2, 0.25) is 0 Å². The molecule has 32 heavy (non-hydrogen) atoms. The van der Waals surface area contributed by atoms with Crippen molar-refractivity contribution in [2.75, 3.05) is 19.6 Å². The Morgan fingerprint density at radius 3 is 2.25 bits per heavy atom. The van der Waals surface area contributed by atoms with Crippen LogP contribution in [-0.4, -0.2) is 43.5 Å². The summed E-state index contributed by atoms with van der Waals surface area (Å²) in [7, 11) is 0. The number of hydrogen-bond acceptors (Lipinski definition) is 6. The van der Waals surface area contributed by atoms with Gasteiger partial charge in [-0.15, -0.1) is 11.3 Å². The minimum Gasteiger partial charge on any atom is -0.354 e. The molecule has 0 saturated carbocycles. The number of benzene rings is 1. The molecular weight excluding hydrogens is 422 g/mol. The van der Waals surface area contributed by atoms with Gasteiger partial charge in [0.1, 0.15) is 6.04 Å². The van der Waals surface area contributed by atoms with Gasteiger partial charge in [-0.1, -0.05) is 30.3 Å². The van der Waals surface area contributed by atoms with Crippen LogP contribution in [0.15, 0.2) is 42.5 Å². The molecule has 0 aliphatic carbocycles. The lowest BCUT2D eigenvalue weighted by atomic mass is 10.0. The SMILES string of the molecule is NCCCC[C@@H](NC(=O)[C@@H](N)Cc1ccccc1)C(=O)NCCc1ccc(CCCN)s1. The summed E-state index contributed by atoms with van der Waals surface area (Å²) in [5.41, 5.74) is 18.2. The van der Waals surface area contributed by atoms with Gasteiger partial charge in [-0.2, -0.15) is 0 Å². The van der Waals surface area contributed by atoms with E-state index < -0.39 is 12.1 Å². The Kier molecular flexibility index (Phi) is 12.0. The van der Waals surface area contributed by atoms with Crippen LogP contribution >= 0.6 is 11.3 Å². The molecule has 1 heterocycles. The predicted molar refractivity (Wildman–Crippen MR) is 131 cm³/mol. The second kappa shape index (κ2) is 14.7. The summed E-state index contributed by atoms with van der Waals surface area (Å²) < 4.78 is 0. The fourth-order valence-electron chi connectivity index (χ4n) is 3.40. The molecule has 0 aliphatic rings. The van der Waals surface area contributed by atoms with Crippen LogP contribution in [0.5, 0.6) is 0 Å². The highest BCUT2D eigenvalue weighted by Gasteiger charge is 2.23. The summed E-state index contributed by atoms with van der Waals surface area (Å²) >= 11 is 1.76. The molecule has 176 valence electrons. The molecular formula is C24H37N5O2S. The maximum atomic E-state index is 12.8. The fourth-order valence-corrected chi connectivity index (χ4v) is 4.46. The number of carbonyl (C=O) groups is 2. The standard InChI is InChI=1S/C24H37N5O2S/c25-14-5-4-10-22(29-23(30)21(27)17-18-7-2-1-3-8-18)24(31)28-16-13-20-12-11-19(32-20)9-6-15-26/h1-3,7-8,11-12,21-22H,4-6,9-10,13-17,25-27H2,(H,28,31)(H,29,30)/t21-,22+/m0/s1. The number of rotatable bonds is 15. The highest BCUT2D eigenvalue weighted by Crippen LogP contribution is 2.18. The first-order valence-electron chi connectivity index (χ1n) is 11.4. The van der Waals surface area contributed by atoms with Crippen molar-refractivity contribution in [2.45, 2.75) is 57.0 Å². The van der Waals surface area contributed by atoms with Crippen molar-refractivity contribution in [3.05, 3.63) is 57.8 Å². The Morgan fingerprint density at radius 2 is 1.56 bits per heavy atom. The van der Waals surface area contributed by atoms with Crippen molar-refractivity contribution >= 4 is 23.2 Å². The Bertz CT molecular complexity index is 812. The van der Waals surface area contributed by atoms with Crippen LogP contribution in [0.25, 0.3) is 0 Å². The minimum atomic E-state index is -0.708. The molecule has 0 radical (unpaired) electrons. The monoisotopic (exact) mass is 459 g/mol. The van der Waals surface area contributed by atoms with E-state index in [0.29, 0.717) is 32.5 Å². The number of hydrogen-bond donors (Lipinski definition) is 5. The number of thiophene rings is 1. The van der Waals surface area contributed by atoms with Crippen LogP contribution in [0.4, 0.5) is 0 Å². The Labute approximate surface area is 195 Å². The smallest absolute Gasteiger partial charge is 0.242 e. The molecule has 0 fully saturated rings. The number of carbonyl (C=O) groups excluding carboxylic acids is 2. The number of nitrogens with two attached hydrogens (primary N) is 3. The third-order valence-corrected chi connectivity index (χ3v) is 6.44. The van der Waals surface area contributed by atoms with E-state index in [-0.39, 0.29) is 11.8 Å². The van der Waals surface area contributed by atoms with Gasteiger partial charge in [0.2, 0.25) is 11.8 Å². The number of amides is 2. The summed E-state index contributed by atoms with van der Waals surface area (Å²) in [5.74, 6) is -0.494. The lowest BCUT2D eigenvalue weighted by molar-refractivity contribution is -0.129. The van der Waals surface area contributed by atoms with E-state index in [1.54, 1.807) is 11.3 Å². The molecule has 1 aromatic carbocycles. The normalized spacial score (nSPS) is 12.8. The lowest BCUT2D eigenvalue weighted by Gasteiger charge is -2.21. The van der Waals surface area contributed by atoms with Gasteiger partial charge in [-0.3, -0.25) is 9.59 Å². The molecule has 1 aromatic heterocycles. The minimum absolute atomic E-state index is 0.179. The Morgan fingerprint density at radius 1 is 0.875 bits per heavy atom. The summed E-state index contributed by atoms with van der Waals surface area (Å²) in [6.45, 7) is 1.77. The fraction of sp³-hybridized carbons (Fsp3) is 0.500. The average molecular weight is 460 g/mol. The highest BCUT2D eigenvalue weighted by atomic mass is 32.1. The van der Waals surface area contributed by atoms with E-state index >= 15 is 0 Å². The zero-order chi connectivity index (χ0) is 23.2. The quantitative estimate of drug-likeness (QED) is 0.257. The van der Waals surface area contributed by atoms with Gasteiger partial charge in [0, 0.05) is 16.3 Å². The van der Waals surface area contributed by atoms with Crippen molar-refractivity contribution in [1.29, 1.82) is 0 Å². The lowest BCUT2D eigenvalue weighted by Crippen LogP contribution is -2.52. The van der Waals surface area contributed by atoms with E-state index in [1.165, 1.54) is 9.75 Å². The topological polar surface area (TPSA) is 136 Å². The van der Waals surface area contributed by atoms with Crippen molar-refractivity contribution in [2.24, 2.45) is 17.2 Å². The van der Waals surface area contributed by atoms with Gasteiger partial charge in [0.05, 0.1) is 6.04 Å². The van der Waals surface area contributed by atoms with E-state index in [4.69, 9.17) is 17.2 Å². The second-order valence-corrected chi connectivity index (χ2v) is 9.20. The van der Waals surface area contributed by atoms with Gasteiger partial charge >= 0.3 is 0 Å². The van der Waals surface area contributed by atoms with E-state index in [2.05, 4.69) is 22.8 Å². The summed E-state index contributed by atoms with van der Waals surface area (Å²) in [6.07, 6.45) is 5.26. The van der Waals surface area contributed by atoms with E-state index in [0.717, 1.165) is 37.7 Å². The number of aryl methyl sites for hydroxylation is 1. The van der Waals surface area contributed by atoms with Gasteiger partial charge in [0.15, 0.2) is 0 Å². The van der Waals surface area contributed by atoms with Crippen molar-refractivity contribution in [3.63, 3.8) is 0 Å². The van der Waals surface area contributed by atoms with Gasteiger partial charge in [-0.05, 0) is 75.7 Å². The van der Waals surface area contributed by atoms with Gasteiger partial charge in [0.25, 0.3) is 0 Å². The zero-order valence-corrected chi connectivity index (χ0v) is 19.5. The molecule has 2 aromatic rings. The van der Waals surface area contributed by atoms with E-state index in [9.17, 15) is 9.59 Å². The maximum Gasteiger partial charge on any atom is 0.242 e. The third-order valence-electron chi connectivity index (χ3n) is 5.23. The first-order chi connectivity index (χ1) is 15.5. The zero-order valence-electron chi connectivity index (χ0n) is 18.7. The molecule has 7 nitrogen and oxygen atoms in total. The molecule has 0 spiro atoms. The van der Waals surface area contributed by atoms with Crippen molar-refractivity contribution in [3.8, 4) is 0 Å². The molecule has 2 amide bonds. The largest absolute Gasteiger partial charge is 0.354 e. The molecule has 0 aliphatic heterocycles. The van der Waals surface area contributed by atoms with Crippen LogP contribution in [0.3, 0.4) is 0 Å². The van der Waals surface area contributed by atoms with Crippen molar-refractivity contribution < 1.29 is 9.59 Å². The molecule has 0 unspecified atom stereocenters. The molecule has 0 bridgehead atoms. The predicted octanol–water partition coefficient (Wildman–Crippen LogP) is 1.48. The summed E-state index contributed by atoms with van der Waals surface area (Å²) in [5, 5.41) is 5.81. The average Bonchev–Trinajstić information content (AvgIpc) is 3.25.